The summed E-state index contributed by atoms with van der Waals surface area (Å²) >= 11 is 0. The Hall–Kier alpha value is 2.50. The van der Waals surface area contributed by atoms with Gasteiger partial charge in [-0.3, -0.25) is 0 Å². The maximum absolute atomic E-state index is 8.88. The summed E-state index contributed by atoms with van der Waals surface area (Å²) in [5.41, 5.74) is 0. The molecule has 0 aromatic carbocycles. The van der Waals surface area contributed by atoms with Crippen molar-refractivity contribution < 1.29 is 19.2 Å². The second kappa shape index (κ2) is 13.1. The molecule has 0 aliphatic rings. The Morgan fingerprint density at radius 2 is 0.778 bits per heavy atom. The Labute approximate surface area is 101 Å². The van der Waals surface area contributed by atoms with Gasteiger partial charge >= 0.3 is 83.3 Å². The summed E-state index contributed by atoms with van der Waals surface area (Å²) in [5, 5.41) is 0. The normalized spacial score (nSPS) is 6.56. The molecule has 9 heavy (non-hydrogen) atoms. The number of hydrogen-bond acceptors (Lipinski definition) is 1. The van der Waals surface area contributed by atoms with Crippen molar-refractivity contribution in [2.24, 2.45) is 0 Å². The quantitative estimate of drug-likeness (QED) is 0.234. The van der Waals surface area contributed by atoms with Crippen molar-refractivity contribution >= 4 is 83.3 Å². The summed E-state index contributed by atoms with van der Waals surface area (Å²) in [6.07, 6.45) is 0. The van der Waals surface area contributed by atoms with Crippen LogP contribution in [-0.4, -0.2) is 90.1 Å². The third-order valence-electron chi connectivity index (χ3n) is 0. The van der Waals surface area contributed by atoms with Gasteiger partial charge in [-0.25, -0.2) is 4.57 Å². The summed E-state index contributed by atoms with van der Waals surface area (Å²) in [7, 11) is -4.64. The molecule has 0 aromatic rings. The zero-order valence-electron chi connectivity index (χ0n) is 2.20. The minimum atomic E-state index is -4.64. The van der Waals surface area contributed by atoms with Crippen LogP contribution < -0.4 is 0 Å². The van der Waals surface area contributed by atoms with Crippen LogP contribution in [0.1, 0.15) is 0 Å². The van der Waals surface area contributed by atoms with Crippen LogP contribution in [0.5, 0.6) is 0 Å². The molecule has 0 heterocycles. The molecular weight excluding hydrogens is 123 g/mol. The summed E-state index contributed by atoms with van der Waals surface area (Å²) in [4.78, 5) is 21.6. The van der Waals surface area contributed by atoms with Crippen molar-refractivity contribution in [1.82, 2.24) is 0 Å². The van der Waals surface area contributed by atoms with E-state index in [1.165, 1.54) is 0 Å². The van der Waals surface area contributed by atoms with Gasteiger partial charge in [-0.15, -0.1) is 0 Å². The molecule has 3 N–H and O–H groups in total. The van der Waals surface area contributed by atoms with Gasteiger partial charge in [0.1, 0.15) is 0 Å². The van der Waals surface area contributed by atoms with Crippen molar-refractivity contribution in [2.75, 3.05) is 0 Å². The van der Waals surface area contributed by atoms with Crippen LogP contribution in [0.4, 0.5) is 0 Å². The molecule has 0 bridgehead atoms. The summed E-state index contributed by atoms with van der Waals surface area (Å²) in [6, 6.07) is 0. The molecule has 0 aliphatic heterocycles. The SMILES string of the molecule is O=P(O)(O)O.[LiH].[LiH].[LiH].[LiH]. The first-order valence-corrected chi connectivity index (χ1v) is 2.35. The fourth-order valence-electron chi connectivity index (χ4n) is 0. The maximum atomic E-state index is 8.88. The van der Waals surface area contributed by atoms with E-state index in [9.17, 15) is 0 Å². The molecule has 0 spiro atoms. The van der Waals surface area contributed by atoms with Gasteiger partial charge in [0.05, 0.1) is 0 Å². The summed E-state index contributed by atoms with van der Waals surface area (Å²) in [6.45, 7) is 0. The molecule has 0 unspecified atom stereocenters. The van der Waals surface area contributed by atoms with Gasteiger partial charge in [0.25, 0.3) is 0 Å². The number of rotatable bonds is 0. The fourth-order valence-corrected chi connectivity index (χ4v) is 0. The van der Waals surface area contributed by atoms with Crippen LogP contribution in [0.25, 0.3) is 0 Å². The van der Waals surface area contributed by atoms with Gasteiger partial charge in [-0.05, 0) is 0 Å². The van der Waals surface area contributed by atoms with Gasteiger partial charge in [-0.2, -0.15) is 0 Å². The van der Waals surface area contributed by atoms with Crippen LogP contribution in [0.2, 0.25) is 0 Å². The topological polar surface area (TPSA) is 77.8 Å². The summed E-state index contributed by atoms with van der Waals surface area (Å²) < 4.78 is 8.88. The van der Waals surface area contributed by atoms with E-state index < -0.39 is 7.82 Å². The van der Waals surface area contributed by atoms with E-state index in [4.69, 9.17) is 19.2 Å². The third kappa shape index (κ3) is 121. The Kier molecular flexibility index (Phi) is 43.7. The summed E-state index contributed by atoms with van der Waals surface area (Å²) in [5.74, 6) is 0. The van der Waals surface area contributed by atoms with Crippen LogP contribution in [0.3, 0.4) is 0 Å². The van der Waals surface area contributed by atoms with E-state index >= 15 is 0 Å². The van der Waals surface area contributed by atoms with Crippen LogP contribution >= 0.6 is 7.82 Å². The molecule has 0 saturated carbocycles. The molecule has 0 aromatic heterocycles. The Morgan fingerprint density at radius 1 is 0.778 bits per heavy atom. The molecular formula is H7Li4O4P. The Bertz CT molecular complexity index is 58.7. The van der Waals surface area contributed by atoms with Crippen molar-refractivity contribution in [2.45, 2.75) is 0 Å². The van der Waals surface area contributed by atoms with Crippen molar-refractivity contribution in [3.05, 3.63) is 0 Å². The number of hydrogen-bond donors (Lipinski definition) is 3. The molecule has 9 heteroatoms. The van der Waals surface area contributed by atoms with E-state index in [0.717, 1.165) is 0 Å². The molecule has 0 aliphatic carbocycles. The average molecular weight is 130 g/mol. The second-order valence-corrected chi connectivity index (χ2v) is 1.54. The first-order chi connectivity index (χ1) is 2.00. The molecule has 0 saturated heterocycles. The zero-order chi connectivity index (χ0) is 4.50. The predicted molar refractivity (Wildman–Crippen MR) is 42.9 cm³/mol. The van der Waals surface area contributed by atoms with Gasteiger partial charge in [-0.1, -0.05) is 0 Å². The molecule has 40 valence electrons. The molecule has 0 amide bonds. The van der Waals surface area contributed by atoms with Crippen LogP contribution in [-0.2, 0) is 4.57 Å². The van der Waals surface area contributed by atoms with E-state index in [-0.39, 0.29) is 75.4 Å². The average Bonchev–Trinajstić information content (AvgIpc) is 0.722. The van der Waals surface area contributed by atoms with E-state index in [1.54, 1.807) is 0 Å². The minimum absolute atomic E-state index is 0. The molecule has 0 radical (unpaired) electrons. The Balaban J connectivity index is -0.0000000133. The zero-order valence-corrected chi connectivity index (χ0v) is 3.09. The molecule has 0 rings (SSSR count). The molecule has 0 atom stereocenters. The van der Waals surface area contributed by atoms with Gasteiger partial charge < -0.3 is 14.7 Å². The molecule has 0 fully saturated rings. The van der Waals surface area contributed by atoms with Crippen LogP contribution in [0, 0.1) is 0 Å². The second-order valence-electron chi connectivity index (χ2n) is 0.513. The van der Waals surface area contributed by atoms with E-state index in [2.05, 4.69) is 0 Å². The van der Waals surface area contributed by atoms with Gasteiger partial charge in [0.2, 0.25) is 0 Å². The van der Waals surface area contributed by atoms with Crippen molar-refractivity contribution in [3.63, 3.8) is 0 Å². The van der Waals surface area contributed by atoms with Crippen molar-refractivity contribution in [1.29, 1.82) is 0 Å². The predicted octanol–water partition coefficient (Wildman–Crippen LogP) is -3.52. The van der Waals surface area contributed by atoms with Gasteiger partial charge in [0, 0.05) is 0 Å². The monoisotopic (exact) mass is 130 g/mol. The van der Waals surface area contributed by atoms with Gasteiger partial charge in [0.15, 0.2) is 0 Å². The first kappa shape index (κ1) is 30.0. The molecule has 4 nitrogen and oxygen atoms in total. The van der Waals surface area contributed by atoms with E-state index in [1.807, 2.05) is 0 Å². The van der Waals surface area contributed by atoms with Crippen LogP contribution in [0.15, 0.2) is 0 Å². The third-order valence-corrected chi connectivity index (χ3v) is 0. The number of phosphoric acid groups is 1. The Morgan fingerprint density at radius 3 is 0.778 bits per heavy atom. The standard InChI is InChI=1S/4Li.H3O4P.4H/c;;;;1-5(2,3)4;;;;/h;;;;(H3,1,2,3,4);;;;. The van der Waals surface area contributed by atoms with E-state index in [0.29, 0.717) is 0 Å². The fraction of sp³-hybridized carbons (Fsp3) is 0. The first-order valence-electron chi connectivity index (χ1n) is 0.783. The van der Waals surface area contributed by atoms with Crippen molar-refractivity contribution in [3.8, 4) is 0 Å².